The van der Waals surface area contributed by atoms with E-state index in [9.17, 15) is 15.3 Å². The molecule has 2 aromatic carbocycles. The third-order valence-corrected chi connectivity index (χ3v) is 6.95. The van der Waals surface area contributed by atoms with Crippen molar-refractivity contribution in [2.24, 2.45) is 0 Å². The number of nitrogens with one attached hydrogen (secondary N) is 1. The number of benzene rings is 2. The smallest absolute Gasteiger partial charge is 0.160 e. The van der Waals surface area contributed by atoms with Crippen LogP contribution in [0, 0.1) is 0 Å². The van der Waals surface area contributed by atoms with Gasteiger partial charge in [-0.25, -0.2) is 0 Å². The molecule has 0 amide bonds. The van der Waals surface area contributed by atoms with Gasteiger partial charge in [-0.1, -0.05) is 31.9 Å². The maximum Gasteiger partial charge on any atom is 0.160 e. The average molecular weight is 544 g/mol. The van der Waals surface area contributed by atoms with Gasteiger partial charge in [0.15, 0.2) is 23.0 Å². The minimum absolute atomic E-state index is 0. The Balaban J connectivity index is 0.00000324. The second kappa shape index (κ2) is 16.8. The van der Waals surface area contributed by atoms with Crippen LogP contribution in [0.5, 0.6) is 23.0 Å². The lowest BCUT2D eigenvalue weighted by Gasteiger charge is -2.35. The van der Waals surface area contributed by atoms with E-state index in [1.807, 2.05) is 18.2 Å². The molecule has 1 atom stereocenters. The first-order chi connectivity index (χ1) is 16.5. The number of unbranched alkanes of at least 4 members (excludes halogenated alkanes) is 3. The number of halogens is 2. The Morgan fingerprint density at radius 3 is 2.44 bits per heavy atom. The monoisotopic (exact) mass is 542 g/mol. The van der Waals surface area contributed by atoms with Crippen molar-refractivity contribution in [3.05, 3.63) is 47.0 Å². The van der Waals surface area contributed by atoms with Gasteiger partial charge in [-0.05, 0) is 100 Å². The highest BCUT2D eigenvalue weighted by Gasteiger charge is 2.26. The van der Waals surface area contributed by atoms with Crippen molar-refractivity contribution in [2.75, 3.05) is 33.3 Å². The van der Waals surface area contributed by atoms with Gasteiger partial charge >= 0.3 is 0 Å². The number of ether oxygens (including phenoxy) is 1. The van der Waals surface area contributed by atoms with Gasteiger partial charge in [0.2, 0.25) is 0 Å². The highest BCUT2D eigenvalue weighted by Crippen LogP contribution is 2.36. The zero-order valence-corrected chi connectivity index (χ0v) is 23.3. The van der Waals surface area contributed by atoms with Gasteiger partial charge < -0.3 is 30.3 Å². The molecule has 36 heavy (non-hydrogen) atoms. The second-order valence-corrected chi connectivity index (χ2v) is 9.42. The first-order valence-corrected chi connectivity index (χ1v) is 12.9. The number of fused-ring (bicyclic) bond motifs is 1. The van der Waals surface area contributed by atoms with Gasteiger partial charge in [-0.15, -0.1) is 24.8 Å². The van der Waals surface area contributed by atoms with Crippen LogP contribution >= 0.6 is 24.8 Å². The van der Waals surface area contributed by atoms with Crippen molar-refractivity contribution in [3.8, 4) is 23.0 Å². The molecule has 0 saturated heterocycles. The van der Waals surface area contributed by atoms with E-state index in [-0.39, 0.29) is 42.1 Å². The maximum absolute atomic E-state index is 10.2. The lowest BCUT2D eigenvalue weighted by Crippen LogP contribution is -2.40. The number of nitrogens with zero attached hydrogens (tertiary/aromatic N) is 1. The molecule has 1 aliphatic carbocycles. The summed E-state index contributed by atoms with van der Waals surface area (Å²) in [6.45, 7) is 6.45. The first-order valence-electron chi connectivity index (χ1n) is 12.9. The largest absolute Gasteiger partial charge is 0.504 e. The Bertz CT molecular complexity index is 913. The van der Waals surface area contributed by atoms with Crippen molar-refractivity contribution in [2.45, 2.75) is 70.8 Å². The van der Waals surface area contributed by atoms with Crippen molar-refractivity contribution in [3.63, 3.8) is 0 Å². The molecule has 1 aliphatic rings. The van der Waals surface area contributed by atoms with Gasteiger partial charge in [0.05, 0.1) is 7.11 Å². The normalized spacial score (nSPS) is 14.6. The zero-order valence-electron chi connectivity index (χ0n) is 21.7. The Labute approximate surface area is 228 Å². The molecule has 204 valence electrons. The summed E-state index contributed by atoms with van der Waals surface area (Å²) >= 11 is 0. The van der Waals surface area contributed by atoms with E-state index < -0.39 is 0 Å². The van der Waals surface area contributed by atoms with Crippen molar-refractivity contribution in [1.29, 1.82) is 0 Å². The summed E-state index contributed by atoms with van der Waals surface area (Å²) in [5.74, 6) is 0.793. The summed E-state index contributed by atoms with van der Waals surface area (Å²) in [7, 11) is 1.57. The number of hydrogen-bond donors (Lipinski definition) is 4. The predicted octanol–water partition coefficient (Wildman–Crippen LogP) is 5.62. The Hall–Kier alpha value is -1.86. The Morgan fingerprint density at radius 1 is 0.944 bits per heavy atom. The van der Waals surface area contributed by atoms with E-state index in [1.54, 1.807) is 19.2 Å². The summed E-state index contributed by atoms with van der Waals surface area (Å²) in [6.07, 6.45) is 9.80. The average Bonchev–Trinajstić information content (AvgIpc) is 2.85. The number of methoxy groups -OCH3 is 1. The van der Waals surface area contributed by atoms with Crippen molar-refractivity contribution < 1.29 is 20.1 Å². The third kappa shape index (κ3) is 9.22. The number of rotatable bonds is 14. The van der Waals surface area contributed by atoms with Crippen LogP contribution in [0.4, 0.5) is 0 Å². The SMILES string of the molecule is CCCN(CCCCCCNCCc1ccc(O)c(OC)c1)C1CCc2c(ccc(O)c2O)C1.Cl.Cl. The van der Waals surface area contributed by atoms with Crippen molar-refractivity contribution in [1.82, 2.24) is 10.2 Å². The molecule has 6 nitrogen and oxygen atoms in total. The lowest BCUT2D eigenvalue weighted by molar-refractivity contribution is 0.175. The molecule has 0 radical (unpaired) electrons. The minimum Gasteiger partial charge on any atom is -0.504 e. The molecule has 0 spiro atoms. The van der Waals surface area contributed by atoms with Crippen LogP contribution in [0.3, 0.4) is 0 Å². The van der Waals surface area contributed by atoms with Crippen LogP contribution in [-0.2, 0) is 19.3 Å². The van der Waals surface area contributed by atoms with Crippen LogP contribution < -0.4 is 10.1 Å². The molecule has 0 saturated carbocycles. The molecule has 0 aromatic heterocycles. The van der Waals surface area contributed by atoms with Crippen LogP contribution in [0.1, 0.15) is 62.1 Å². The van der Waals surface area contributed by atoms with E-state index in [0.29, 0.717) is 11.8 Å². The van der Waals surface area contributed by atoms with Gasteiger partial charge in [0, 0.05) is 11.6 Å². The van der Waals surface area contributed by atoms with E-state index in [0.717, 1.165) is 69.4 Å². The molecule has 8 heteroatoms. The minimum atomic E-state index is -0.00214. The topological polar surface area (TPSA) is 85.2 Å². The van der Waals surface area contributed by atoms with Crippen LogP contribution in [0.15, 0.2) is 30.3 Å². The lowest BCUT2D eigenvalue weighted by atomic mass is 9.86. The maximum atomic E-state index is 10.2. The van der Waals surface area contributed by atoms with Crippen molar-refractivity contribution >= 4 is 24.8 Å². The summed E-state index contributed by atoms with van der Waals surface area (Å²) in [4.78, 5) is 2.64. The summed E-state index contributed by atoms with van der Waals surface area (Å²) < 4.78 is 5.17. The van der Waals surface area contributed by atoms with Gasteiger partial charge in [-0.3, -0.25) is 0 Å². The first kappa shape index (κ1) is 32.2. The van der Waals surface area contributed by atoms with Gasteiger partial charge in [0.25, 0.3) is 0 Å². The summed E-state index contributed by atoms with van der Waals surface area (Å²) in [6, 6.07) is 9.66. The zero-order chi connectivity index (χ0) is 24.3. The fourth-order valence-corrected chi connectivity index (χ4v) is 5.03. The van der Waals surface area contributed by atoms with E-state index in [2.05, 4.69) is 17.1 Å². The van der Waals surface area contributed by atoms with E-state index >= 15 is 0 Å². The molecule has 0 fully saturated rings. The molecule has 2 aromatic rings. The molecule has 0 bridgehead atoms. The number of hydrogen-bond acceptors (Lipinski definition) is 6. The fourth-order valence-electron chi connectivity index (χ4n) is 5.03. The fraction of sp³-hybridized carbons (Fsp3) is 0.571. The van der Waals surface area contributed by atoms with Crippen LogP contribution in [0.2, 0.25) is 0 Å². The molecular weight excluding hydrogens is 499 g/mol. The number of aromatic hydroxyl groups is 3. The number of phenolic OH excluding ortho intramolecular Hbond substituents is 3. The molecular formula is C28H44Cl2N2O4. The summed E-state index contributed by atoms with van der Waals surface area (Å²) in [5, 5.41) is 33.1. The Morgan fingerprint density at radius 2 is 1.69 bits per heavy atom. The Kier molecular flexibility index (Phi) is 15.0. The highest BCUT2D eigenvalue weighted by molar-refractivity contribution is 5.85. The standard InChI is InChI=1S/C28H42N2O4.2ClH/c1-3-17-30(23-10-11-24-22(20-23)9-13-26(32)28(24)33)18-7-5-4-6-15-29-16-14-21-8-12-25(31)27(19-21)34-2;;/h8-9,12-13,19,23,29,31-33H,3-7,10-11,14-18,20H2,1-2H3;2*1H. The quantitative estimate of drug-likeness (QED) is 0.183. The third-order valence-electron chi connectivity index (χ3n) is 6.95. The molecule has 1 unspecified atom stereocenters. The predicted molar refractivity (Wildman–Crippen MR) is 152 cm³/mol. The highest BCUT2D eigenvalue weighted by atomic mass is 35.5. The molecule has 4 N–H and O–H groups in total. The van der Waals surface area contributed by atoms with Gasteiger partial charge in [-0.2, -0.15) is 0 Å². The second-order valence-electron chi connectivity index (χ2n) is 9.42. The summed E-state index contributed by atoms with van der Waals surface area (Å²) in [5.41, 5.74) is 3.28. The molecule has 3 rings (SSSR count). The molecule has 0 heterocycles. The van der Waals surface area contributed by atoms with Gasteiger partial charge in [0.1, 0.15) is 0 Å². The van der Waals surface area contributed by atoms with Crippen LogP contribution in [-0.4, -0.2) is 59.6 Å². The van der Waals surface area contributed by atoms with E-state index in [4.69, 9.17) is 4.74 Å². The van der Waals surface area contributed by atoms with E-state index in [1.165, 1.54) is 31.2 Å². The van der Waals surface area contributed by atoms with Crippen LogP contribution in [0.25, 0.3) is 0 Å². The molecule has 0 aliphatic heterocycles. The number of phenols is 3.